The molecule has 2 saturated carbocycles. The van der Waals surface area contributed by atoms with Gasteiger partial charge in [0.1, 0.15) is 11.4 Å². The highest BCUT2D eigenvalue weighted by Crippen LogP contribution is 2.47. The number of carbonyl (C=O) groups is 2. The van der Waals surface area contributed by atoms with E-state index in [-0.39, 0.29) is 11.6 Å². The minimum absolute atomic E-state index is 0.210. The van der Waals surface area contributed by atoms with Crippen molar-refractivity contribution in [2.75, 3.05) is 0 Å². The van der Waals surface area contributed by atoms with E-state index in [1.165, 1.54) is 0 Å². The van der Waals surface area contributed by atoms with E-state index in [9.17, 15) is 9.59 Å². The van der Waals surface area contributed by atoms with Gasteiger partial charge in [-0.3, -0.25) is 4.79 Å². The lowest BCUT2D eigenvalue weighted by Crippen LogP contribution is -2.46. The normalized spacial score (nSPS) is 35.4. The van der Waals surface area contributed by atoms with Gasteiger partial charge >= 0.3 is 6.09 Å². The molecule has 1 unspecified atom stereocenters. The minimum atomic E-state index is -0.467. The molecule has 102 valence electrons. The van der Waals surface area contributed by atoms with Crippen molar-refractivity contribution >= 4 is 11.9 Å². The SMILES string of the molecule is CC1(NC(=O)OC(C)(C)C)C[C@H]2CC(=O)C[C@H]2C1. The zero-order chi connectivity index (χ0) is 13.6. The first kappa shape index (κ1) is 13.4. The molecular weight excluding hydrogens is 230 g/mol. The van der Waals surface area contributed by atoms with Crippen molar-refractivity contribution in [3.8, 4) is 0 Å². The van der Waals surface area contributed by atoms with Gasteiger partial charge in [0.15, 0.2) is 0 Å². The smallest absolute Gasteiger partial charge is 0.408 e. The third kappa shape index (κ3) is 3.03. The van der Waals surface area contributed by atoms with E-state index in [0.717, 1.165) is 12.8 Å². The Morgan fingerprint density at radius 1 is 1.28 bits per heavy atom. The topological polar surface area (TPSA) is 55.4 Å². The van der Waals surface area contributed by atoms with Crippen molar-refractivity contribution < 1.29 is 14.3 Å². The van der Waals surface area contributed by atoms with Gasteiger partial charge in [0.2, 0.25) is 0 Å². The van der Waals surface area contributed by atoms with Crippen molar-refractivity contribution in [1.29, 1.82) is 0 Å². The number of alkyl carbamates (subject to hydrolysis) is 1. The second-order valence-corrected chi connectivity index (χ2v) is 7.06. The fraction of sp³-hybridized carbons (Fsp3) is 0.857. The van der Waals surface area contributed by atoms with Gasteiger partial charge in [-0.15, -0.1) is 0 Å². The van der Waals surface area contributed by atoms with Gasteiger partial charge in [0, 0.05) is 18.4 Å². The van der Waals surface area contributed by atoms with Gasteiger partial charge in [-0.2, -0.15) is 0 Å². The van der Waals surface area contributed by atoms with Crippen LogP contribution >= 0.6 is 0 Å². The molecule has 1 amide bonds. The Morgan fingerprint density at radius 2 is 1.78 bits per heavy atom. The largest absolute Gasteiger partial charge is 0.444 e. The van der Waals surface area contributed by atoms with Crippen molar-refractivity contribution in [3.05, 3.63) is 0 Å². The number of hydrogen-bond acceptors (Lipinski definition) is 3. The molecule has 2 fully saturated rings. The van der Waals surface area contributed by atoms with E-state index in [0.29, 0.717) is 30.5 Å². The first-order valence-electron chi connectivity index (χ1n) is 6.70. The molecular formula is C14H23NO3. The van der Waals surface area contributed by atoms with Crippen LogP contribution in [0, 0.1) is 11.8 Å². The number of amides is 1. The van der Waals surface area contributed by atoms with Crippen LogP contribution in [0.5, 0.6) is 0 Å². The Morgan fingerprint density at radius 3 is 2.22 bits per heavy atom. The lowest BCUT2D eigenvalue weighted by Gasteiger charge is -2.29. The number of ketones is 1. The Hall–Kier alpha value is -1.06. The third-order valence-electron chi connectivity index (χ3n) is 3.87. The van der Waals surface area contributed by atoms with Crippen LogP contribution in [0.15, 0.2) is 0 Å². The summed E-state index contributed by atoms with van der Waals surface area (Å²) in [7, 11) is 0. The molecule has 0 aromatic carbocycles. The van der Waals surface area contributed by atoms with Crippen molar-refractivity contribution in [3.63, 3.8) is 0 Å². The molecule has 0 heterocycles. The monoisotopic (exact) mass is 253 g/mol. The van der Waals surface area contributed by atoms with Crippen LogP contribution in [-0.2, 0) is 9.53 Å². The molecule has 0 aromatic heterocycles. The number of rotatable bonds is 1. The van der Waals surface area contributed by atoms with Crippen LogP contribution in [0.1, 0.15) is 53.4 Å². The number of carbonyl (C=O) groups excluding carboxylic acids is 2. The fourth-order valence-electron chi connectivity index (χ4n) is 3.37. The van der Waals surface area contributed by atoms with Crippen LogP contribution in [-0.4, -0.2) is 23.0 Å². The maximum atomic E-state index is 11.8. The Kier molecular flexibility index (Phi) is 3.16. The van der Waals surface area contributed by atoms with E-state index in [2.05, 4.69) is 12.2 Å². The maximum Gasteiger partial charge on any atom is 0.408 e. The fourth-order valence-corrected chi connectivity index (χ4v) is 3.37. The zero-order valence-corrected chi connectivity index (χ0v) is 11.7. The average Bonchev–Trinajstić information content (AvgIpc) is 2.52. The van der Waals surface area contributed by atoms with E-state index in [1.54, 1.807) is 0 Å². The average molecular weight is 253 g/mol. The van der Waals surface area contributed by atoms with E-state index in [4.69, 9.17) is 4.74 Å². The van der Waals surface area contributed by atoms with Gasteiger partial charge in [0.05, 0.1) is 0 Å². The number of hydrogen-bond donors (Lipinski definition) is 1. The molecule has 0 bridgehead atoms. The van der Waals surface area contributed by atoms with Gasteiger partial charge in [-0.1, -0.05) is 0 Å². The van der Waals surface area contributed by atoms with Crippen molar-refractivity contribution in [2.24, 2.45) is 11.8 Å². The molecule has 1 N–H and O–H groups in total. The highest BCUT2D eigenvalue weighted by atomic mass is 16.6. The van der Waals surface area contributed by atoms with E-state index >= 15 is 0 Å². The molecule has 0 radical (unpaired) electrons. The summed E-state index contributed by atoms with van der Waals surface area (Å²) in [5.41, 5.74) is -0.677. The summed E-state index contributed by atoms with van der Waals surface area (Å²) in [6, 6.07) is 0. The van der Waals surface area contributed by atoms with Crippen LogP contribution in [0.3, 0.4) is 0 Å². The molecule has 3 atom stereocenters. The summed E-state index contributed by atoms with van der Waals surface area (Å²) in [5.74, 6) is 1.29. The number of nitrogens with one attached hydrogen (secondary N) is 1. The zero-order valence-electron chi connectivity index (χ0n) is 11.7. The van der Waals surface area contributed by atoms with E-state index < -0.39 is 5.60 Å². The number of Topliss-reactive ketones (excluding diaryl/α,β-unsaturated/α-hetero) is 1. The second kappa shape index (κ2) is 4.25. The molecule has 2 aliphatic carbocycles. The molecule has 0 spiro atoms. The van der Waals surface area contributed by atoms with Gasteiger partial charge in [0.25, 0.3) is 0 Å². The quantitative estimate of drug-likeness (QED) is 0.781. The summed E-state index contributed by atoms with van der Waals surface area (Å²) in [6.45, 7) is 7.63. The summed E-state index contributed by atoms with van der Waals surface area (Å²) in [4.78, 5) is 23.2. The molecule has 18 heavy (non-hydrogen) atoms. The van der Waals surface area contributed by atoms with Crippen molar-refractivity contribution in [2.45, 2.75) is 64.5 Å². The van der Waals surface area contributed by atoms with Crippen LogP contribution < -0.4 is 5.32 Å². The molecule has 4 nitrogen and oxygen atoms in total. The first-order valence-corrected chi connectivity index (χ1v) is 6.70. The summed E-state index contributed by atoms with van der Waals surface area (Å²) < 4.78 is 5.29. The first-order chi connectivity index (χ1) is 8.17. The van der Waals surface area contributed by atoms with Gasteiger partial charge in [-0.05, 0) is 52.4 Å². The molecule has 2 rings (SSSR count). The van der Waals surface area contributed by atoms with Crippen LogP contribution in [0.4, 0.5) is 4.79 Å². The van der Waals surface area contributed by atoms with Gasteiger partial charge < -0.3 is 10.1 Å². The van der Waals surface area contributed by atoms with Crippen LogP contribution in [0.2, 0.25) is 0 Å². The molecule has 4 heteroatoms. The molecule has 0 aliphatic heterocycles. The molecule has 0 aromatic rings. The number of ether oxygens (including phenoxy) is 1. The predicted molar refractivity (Wildman–Crippen MR) is 68.2 cm³/mol. The summed E-state index contributed by atoms with van der Waals surface area (Å²) >= 11 is 0. The minimum Gasteiger partial charge on any atom is -0.444 e. The highest BCUT2D eigenvalue weighted by Gasteiger charge is 2.47. The van der Waals surface area contributed by atoms with Crippen LogP contribution in [0.25, 0.3) is 0 Å². The molecule has 0 saturated heterocycles. The lowest BCUT2D eigenvalue weighted by atomic mass is 9.96. The Labute approximate surface area is 108 Å². The third-order valence-corrected chi connectivity index (χ3v) is 3.87. The lowest BCUT2D eigenvalue weighted by molar-refractivity contribution is -0.117. The van der Waals surface area contributed by atoms with Gasteiger partial charge in [-0.25, -0.2) is 4.79 Å². The van der Waals surface area contributed by atoms with Crippen molar-refractivity contribution in [1.82, 2.24) is 5.32 Å². The predicted octanol–water partition coefficient (Wildman–Crippen LogP) is 2.66. The molecule has 2 aliphatic rings. The summed E-state index contributed by atoms with van der Waals surface area (Å²) in [6.07, 6.45) is 2.81. The highest BCUT2D eigenvalue weighted by molar-refractivity contribution is 5.81. The van der Waals surface area contributed by atoms with E-state index in [1.807, 2.05) is 20.8 Å². The Balaban J connectivity index is 1.91. The summed E-state index contributed by atoms with van der Waals surface area (Å²) in [5, 5.41) is 2.98. The second-order valence-electron chi connectivity index (χ2n) is 7.06. The maximum absolute atomic E-state index is 11.8. The Bertz CT molecular complexity index is 354. The standard InChI is InChI=1S/C14H23NO3/c1-13(2,3)18-12(17)15-14(4)7-9-5-11(16)6-10(9)8-14/h9-10H,5-8H2,1-4H3,(H,15,17)/t9-,10+,14?. The number of fused-ring (bicyclic) bond motifs is 1.